The predicted octanol–water partition coefficient (Wildman–Crippen LogP) is 6.51. The number of hydrogen-bond acceptors (Lipinski definition) is 1. The van der Waals surface area contributed by atoms with Gasteiger partial charge < -0.3 is 5.11 Å². The van der Waals surface area contributed by atoms with Crippen LogP contribution in [0.5, 0.6) is 0 Å². The van der Waals surface area contributed by atoms with Gasteiger partial charge in [-0.3, -0.25) is 0 Å². The molecule has 22 heavy (non-hydrogen) atoms. The van der Waals surface area contributed by atoms with Crippen LogP contribution in [0.1, 0.15) is 98.3 Å². The van der Waals surface area contributed by atoms with Gasteiger partial charge in [-0.2, -0.15) is 0 Å². The van der Waals surface area contributed by atoms with Crippen LogP contribution in [0.4, 0.5) is 0 Å². The van der Waals surface area contributed by atoms with Crippen molar-refractivity contribution in [3.8, 4) is 0 Å². The van der Waals surface area contributed by atoms with Crippen molar-refractivity contribution in [3.05, 3.63) is 12.2 Å². The van der Waals surface area contributed by atoms with Crippen molar-refractivity contribution in [1.29, 1.82) is 0 Å². The number of aliphatic hydroxyl groups excluding tert-OH is 1. The summed E-state index contributed by atoms with van der Waals surface area (Å²) in [6.45, 7) is 9.41. The molecular weight excluding hydrogens is 268 g/mol. The molecule has 0 amide bonds. The SMILES string of the molecule is CCCCCCCCCC(O)C=CC1C(C)CCCC1(C)C. The van der Waals surface area contributed by atoms with E-state index in [1.54, 1.807) is 0 Å². The third-order valence-corrected chi connectivity index (χ3v) is 5.64. The fraction of sp³-hybridized carbons (Fsp3) is 0.905. The second-order valence-electron chi connectivity index (χ2n) is 8.25. The normalized spacial score (nSPS) is 26.4. The molecule has 3 unspecified atom stereocenters. The van der Waals surface area contributed by atoms with Crippen molar-refractivity contribution in [3.63, 3.8) is 0 Å². The van der Waals surface area contributed by atoms with Crippen LogP contribution in [-0.4, -0.2) is 11.2 Å². The highest BCUT2D eigenvalue weighted by Crippen LogP contribution is 2.44. The fourth-order valence-corrected chi connectivity index (χ4v) is 4.10. The average Bonchev–Trinajstić information content (AvgIpc) is 2.45. The molecule has 0 aromatic heterocycles. The first kappa shape index (κ1) is 19.7. The van der Waals surface area contributed by atoms with Gasteiger partial charge in [0.25, 0.3) is 0 Å². The van der Waals surface area contributed by atoms with Crippen LogP contribution in [0.3, 0.4) is 0 Å². The molecule has 1 N–H and O–H groups in total. The van der Waals surface area contributed by atoms with Gasteiger partial charge in [-0.25, -0.2) is 0 Å². The molecule has 1 heteroatoms. The maximum atomic E-state index is 10.2. The zero-order chi connectivity index (χ0) is 16.4. The van der Waals surface area contributed by atoms with Gasteiger partial charge in [0, 0.05) is 0 Å². The van der Waals surface area contributed by atoms with Gasteiger partial charge >= 0.3 is 0 Å². The molecule has 0 aromatic rings. The summed E-state index contributed by atoms with van der Waals surface area (Å²) in [6.07, 6.45) is 18.4. The van der Waals surface area contributed by atoms with Gasteiger partial charge in [-0.15, -0.1) is 0 Å². The van der Waals surface area contributed by atoms with Gasteiger partial charge in [-0.05, 0) is 30.1 Å². The lowest BCUT2D eigenvalue weighted by molar-refractivity contribution is 0.120. The Morgan fingerprint density at radius 3 is 2.36 bits per heavy atom. The third-order valence-electron chi connectivity index (χ3n) is 5.64. The summed E-state index contributed by atoms with van der Waals surface area (Å²) in [4.78, 5) is 0. The third kappa shape index (κ3) is 7.31. The molecule has 1 fully saturated rings. The van der Waals surface area contributed by atoms with Crippen LogP contribution < -0.4 is 0 Å². The monoisotopic (exact) mass is 308 g/mol. The number of aliphatic hydroxyl groups is 1. The molecule has 1 aliphatic rings. The highest BCUT2D eigenvalue weighted by molar-refractivity contribution is 5.02. The Morgan fingerprint density at radius 2 is 1.73 bits per heavy atom. The molecule has 0 spiro atoms. The van der Waals surface area contributed by atoms with E-state index in [1.807, 2.05) is 0 Å². The lowest BCUT2D eigenvalue weighted by atomic mass is 9.64. The van der Waals surface area contributed by atoms with E-state index < -0.39 is 0 Å². The molecular formula is C21H40O. The van der Waals surface area contributed by atoms with Gasteiger partial charge in [0.15, 0.2) is 0 Å². The average molecular weight is 309 g/mol. The van der Waals surface area contributed by atoms with E-state index in [0.29, 0.717) is 11.3 Å². The minimum Gasteiger partial charge on any atom is -0.389 e. The molecule has 0 aromatic carbocycles. The highest BCUT2D eigenvalue weighted by atomic mass is 16.3. The number of allylic oxidation sites excluding steroid dienone is 1. The maximum absolute atomic E-state index is 10.2. The molecule has 0 radical (unpaired) electrons. The van der Waals surface area contributed by atoms with E-state index in [1.165, 1.54) is 64.2 Å². The zero-order valence-electron chi connectivity index (χ0n) is 15.6. The molecule has 0 aliphatic heterocycles. The van der Waals surface area contributed by atoms with Crippen molar-refractivity contribution in [2.45, 2.75) is 104 Å². The van der Waals surface area contributed by atoms with Crippen LogP contribution in [0.2, 0.25) is 0 Å². The van der Waals surface area contributed by atoms with Crippen molar-refractivity contribution in [2.75, 3.05) is 0 Å². The molecule has 1 rings (SSSR count). The molecule has 1 aliphatic carbocycles. The summed E-state index contributed by atoms with van der Waals surface area (Å²) in [6, 6.07) is 0. The summed E-state index contributed by atoms with van der Waals surface area (Å²) in [5.74, 6) is 1.38. The van der Waals surface area contributed by atoms with Gasteiger partial charge in [0.05, 0.1) is 6.10 Å². The van der Waals surface area contributed by atoms with Gasteiger partial charge in [0.1, 0.15) is 0 Å². The Hall–Kier alpha value is -0.300. The highest BCUT2D eigenvalue weighted by Gasteiger charge is 2.34. The van der Waals surface area contributed by atoms with E-state index in [0.717, 1.165) is 12.3 Å². The van der Waals surface area contributed by atoms with Gasteiger partial charge in [0.2, 0.25) is 0 Å². The summed E-state index contributed by atoms with van der Waals surface area (Å²) < 4.78 is 0. The number of rotatable bonds is 10. The van der Waals surface area contributed by atoms with E-state index in [2.05, 4.69) is 39.8 Å². The first-order valence-electron chi connectivity index (χ1n) is 9.83. The summed E-state index contributed by atoms with van der Waals surface area (Å²) in [5, 5.41) is 10.2. The van der Waals surface area contributed by atoms with Crippen molar-refractivity contribution in [2.24, 2.45) is 17.3 Å². The lowest BCUT2D eigenvalue weighted by Crippen LogP contribution is -2.32. The first-order valence-corrected chi connectivity index (χ1v) is 9.83. The van der Waals surface area contributed by atoms with Crippen LogP contribution in [0.15, 0.2) is 12.2 Å². The van der Waals surface area contributed by atoms with Crippen LogP contribution in [0.25, 0.3) is 0 Å². The van der Waals surface area contributed by atoms with Gasteiger partial charge in [-0.1, -0.05) is 97.6 Å². The maximum Gasteiger partial charge on any atom is 0.0721 e. The number of unbranched alkanes of at least 4 members (excludes halogenated alkanes) is 6. The van der Waals surface area contributed by atoms with Crippen molar-refractivity contribution in [1.82, 2.24) is 0 Å². The lowest BCUT2D eigenvalue weighted by Gasteiger charge is -2.41. The second kappa shape index (κ2) is 10.5. The molecule has 0 bridgehead atoms. The molecule has 3 atom stereocenters. The summed E-state index contributed by atoms with van der Waals surface area (Å²) in [5.41, 5.74) is 0.396. The Balaban J connectivity index is 2.21. The summed E-state index contributed by atoms with van der Waals surface area (Å²) in [7, 11) is 0. The standard InChI is InChI=1S/C21H40O/c1-5-6-7-8-9-10-11-14-19(22)15-16-20-18(2)13-12-17-21(20,3)4/h15-16,18-20,22H,5-14,17H2,1-4H3. The molecule has 1 nitrogen and oxygen atoms in total. The fourth-order valence-electron chi connectivity index (χ4n) is 4.10. The second-order valence-corrected chi connectivity index (χ2v) is 8.25. The molecule has 0 saturated heterocycles. The van der Waals surface area contributed by atoms with E-state index >= 15 is 0 Å². The van der Waals surface area contributed by atoms with Crippen molar-refractivity contribution >= 4 is 0 Å². The quantitative estimate of drug-likeness (QED) is 0.360. The molecule has 0 heterocycles. The van der Waals surface area contributed by atoms with Crippen LogP contribution >= 0.6 is 0 Å². The Labute approximate surface area is 139 Å². The number of hydrogen-bond donors (Lipinski definition) is 1. The Bertz CT molecular complexity index is 305. The van der Waals surface area contributed by atoms with E-state index in [-0.39, 0.29) is 6.10 Å². The summed E-state index contributed by atoms with van der Waals surface area (Å²) >= 11 is 0. The van der Waals surface area contributed by atoms with E-state index in [4.69, 9.17) is 0 Å². The van der Waals surface area contributed by atoms with Crippen molar-refractivity contribution < 1.29 is 5.11 Å². The topological polar surface area (TPSA) is 20.2 Å². The Morgan fingerprint density at radius 1 is 1.09 bits per heavy atom. The van der Waals surface area contributed by atoms with Crippen LogP contribution in [-0.2, 0) is 0 Å². The molecule has 1 saturated carbocycles. The smallest absolute Gasteiger partial charge is 0.0721 e. The van der Waals surface area contributed by atoms with E-state index in [9.17, 15) is 5.11 Å². The largest absolute Gasteiger partial charge is 0.389 e. The zero-order valence-corrected chi connectivity index (χ0v) is 15.6. The first-order chi connectivity index (χ1) is 10.5. The molecule has 130 valence electrons. The minimum atomic E-state index is -0.236. The Kier molecular flexibility index (Phi) is 9.40. The predicted molar refractivity (Wildman–Crippen MR) is 98.0 cm³/mol. The minimum absolute atomic E-state index is 0.236. The van der Waals surface area contributed by atoms with Crippen LogP contribution in [0, 0.1) is 17.3 Å².